The van der Waals surface area contributed by atoms with Gasteiger partial charge in [-0.1, -0.05) is 0 Å². The summed E-state index contributed by atoms with van der Waals surface area (Å²) in [5.74, 6) is -0.362. The van der Waals surface area contributed by atoms with E-state index < -0.39 is 0 Å². The van der Waals surface area contributed by atoms with Gasteiger partial charge in [0.1, 0.15) is 5.56 Å². The number of aliphatic hydroxyl groups is 1. The summed E-state index contributed by atoms with van der Waals surface area (Å²) in [6.45, 7) is 3.66. The smallest absolute Gasteiger partial charge is 0.263 e. The van der Waals surface area contributed by atoms with Crippen molar-refractivity contribution in [3.63, 3.8) is 0 Å². The largest absolute Gasteiger partial charge is 0.393 e. The zero-order valence-corrected chi connectivity index (χ0v) is 15.8. The molecule has 0 aliphatic heterocycles. The normalized spacial score (nSPS) is 20.9. The van der Waals surface area contributed by atoms with E-state index in [4.69, 9.17) is 0 Å². The molecule has 0 bridgehead atoms. The third-order valence-corrected chi connectivity index (χ3v) is 5.12. The minimum atomic E-state index is -0.362. The van der Waals surface area contributed by atoms with Crippen LogP contribution in [-0.4, -0.2) is 37.7 Å². The summed E-state index contributed by atoms with van der Waals surface area (Å²) in [5.41, 5.74) is 1.37. The average molecular weight is 370 g/mol. The van der Waals surface area contributed by atoms with E-state index in [1.165, 1.54) is 0 Å². The Bertz CT molecular complexity index is 842. The van der Waals surface area contributed by atoms with Crippen LogP contribution in [0.1, 0.15) is 60.3 Å². The second-order valence-electron chi connectivity index (χ2n) is 7.32. The van der Waals surface area contributed by atoms with Crippen LogP contribution in [0.3, 0.4) is 0 Å². The van der Waals surface area contributed by atoms with E-state index in [0.717, 1.165) is 18.5 Å². The van der Waals surface area contributed by atoms with Gasteiger partial charge in [-0.25, -0.2) is 0 Å². The van der Waals surface area contributed by atoms with E-state index in [-0.39, 0.29) is 35.2 Å². The average Bonchev–Trinajstić information content (AvgIpc) is 2.63. The van der Waals surface area contributed by atoms with Crippen LogP contribution in [0.25, 0.3) is 0 Å². The Kier molecular flexibility index (Phi) is 6.01. The number of carbonyl (C=O) groups excluding carboxylic acids is 1. The van der Waals surface area contributed by atoms with Crippen LogP contribution in [0.5, 0.6) is 0 Å². The topological polar surface area (TPSA) is 97.1 Å². The predicted molar refractivity (Wildman–Crippen MR) is 102 cm³/mol. The first-order chi connectivity index (χ1) is 13.0. The molecule has 2 aromatic heterocycles. The number of amides is 1. The summed E-state index contributed by atoms with van der Waals surface area (Å²) in [6.07, 6.45) is 9.76. The van der Waals surface area contributed by atoms with Crippen LogP contribution in [0.4, 0.5) is 0 Å². The van der Waals surface area contributed by atoms with Gasteiger partial charge in [-0.05, 0) is 51.2 Å². The fourth-order valence-corrected chi connectivity index (χ4v) is 3.64. The molecule has 2 N–H and O–H groups in total. The van der Waals surface area contributed by atoms with Gasteiger partial charge in [0.05, 0.1) is 11.8 Å². The lowest BCUT2D eigenvalue weighted by Gasteiger charge is -2.27. The van der Waals surface area contributed by atoms with Gasteiger partial charge >= 0.3 is 0 Å². The maximum Gasteiger partial charge on any atom is 0.263 e. The van der Waals surface area contributed by atoms with Crippen LogP contribution in [0, 0.1) is 6.92 Å². The number of aromatic nitrogens is 3. The summed E-state index contributed by atoms with van der Waals surface area (Å²) >= 11 is 0. The van der Waals surface area contributed by atoms with Crippen LogP contribution in [-0.2, 0) is 6.42 Å². The molecule has 0 radical (unpaired) electrons. The lowest BCUT2D eigenvalue weighted by Crippen LogP contribution is -2.40. The third-order valence-electron chi connectivity index (χ3n) is 5.12. The molecule has 1 fully saturated rings. The Hall–Kier alpha value is -2.54. The van der Waals surface area contributed by atoms with E-state index in [0.29, 0.717) is 24.8 Å². The standard InChI is InChI=1S/C20H26N4O3/c1-13-7-10-24(16-3-5-17(25)6-4-16)20(27)18(13)19(26)23-14(2)11-15-12-21-8-9-22-15/h7-10,12,14,16-17,25H,3-6,11H2,1-2H3,(H,23,26). The fraction of sp³-hybridized carbons (Fsp3) is 0.500. The van der Waals surface area contributed by atoms with Crippen molar-refractivity contribution >= 4 is 5.91 Å². The van der Waals surface area contributed by atoms with E-state index in [2.05, 4.69) is 15.3 Å². The molecule has 2 heterocycles. The molecule has 7 heteroatoms. The molecule has 1 amide bonds. The highest BCUT2D eigenvalue weighted by Crippen LogP contribution is 2.27. The third kappa shape index (κ3) is 4.60. The molecule has 0 aromatic carbocycles. The van der Waals surface area contributed by atoms with E-state index >= 15 is 0 Å². The highest BCUT2D eigenvalue weighted by Gasteiger charge is 2.24. The molecule has 1 atom stereocenters. The van der Waals surface area contributed by atoms with Crippen LogP contribution >= 0.6 is 0 Å². The van der Waals surface area contributed by atoms with Gasteiger partial charge in [0.25, 0.3) is 11.5 Å². The van der Waals surface area contributed by atoms with Gasteiger partial charge in [-0.2, -0.15) is 0 Å². The highest BCUT2D eigenvalue weighted by atomic mass is 16.3. The number of hydrogen-bond donors (Lipinski definition) is 2. The summed E-state index contributed by atoms with van der Waals surface area (Å²) in [7, 11) is 0. The summed E-state index contributed by atoms with van der Waals surface area (Å²) in [5, 5.41) is 12.6. The number of rotatable bonds is 5. The second kappa shape index (κ2) is 8.43. The molecule has 2 aromatic rings. The summed E-state index contributed by atoms with van der Waals surface area (Å²) in [4.78, 5) is 34.0. The van der Waals surface area contributed by atoms with Crippen molar-refractivity contribution in [2.75, 3.05) is 0 Å². The van der Waals surface area contributed by atoms with Crippen molar-refractivity contribution in [3.05, 3.63) is 58.0 Å². The summed E-state index contributed by atoms with van der Waals surface area (Å²) in [6, 6.07) is 1.67. The van der Waals surface area contributed by atoms with Crippen molar-refractivity contribution in [1.82, 2.24) is 19.9 Å². The minimum absolute atomic E-state index is 0.0325. The number of aliphatic hydroxyl groups excluding tert-OH is 1. The Morgan fingerprint density at radius 3 is 2.74 bits per heavy atom. The molecule has 1 aliphatic carbocycles. The number of nitrogens with zero attached hydrogens (tertiary/aromatic N) is 3. The zero-order chi connectivity index (χ0) is 19.4. The molecule has 144 valence electrons. The van der Waals surface area contributed by atoms with Crippen molar-refractivity contribution in [1.29, 1.82) is 0 Å². The minimum Gasteiger partial charge on any atom is -0.393 e. The molecule has 1 aliphatic rings. The maximum atomic E-state index is 13.0. The van der Waals surface area contributed by atoms with Gasteiger partial charge < -0.3 is 15.0 Å². The molecule has 1 unspecified atom stereocenters. The van der Waals surface area contributed by atoms with Gasteiger partial charge in [0.2, 0.25) is 0 Å². The number of nitrogens with one attached hydrogen (secondary N) is 1. The van der Waals surface area contributed by atoms with Crippen molar-refractivity contribution in [2.24, 2.45) is 0 Å². The molecule has 3 rings (SSSR count). The monoisotopic (exact) mass is 370 g/mol. The fourth-order valence-electron chi connectivity index (χ4n) is 3.64. The quantitative estimate of drug-likeness (QED) is 0.836. The molecular weight excluding hydrogens is 344 g/mol. The Morgan fingerprint density at radius 2 is 2.07 bits per heavy atom. The first-order valence-electron chi connectivity index (χ1n) is 9.41. The first kappa shape index (κ1) is 19.2. The van der Waals surface area contributed by atoms with Crippen molar-refractivity contribution < 1.29 is 9.90 Å². The number of aryl methyl sites for hydroxylation is 1. The van der Waals surface area contributed by atoms with Gasteiger partial charge in [0, 0.05) is 43.3 Å². The van der Waals surface area contributed by atoms with Gasteiger partial charge in [-0.3, -0.25) is 19.6 Å². The van der Waals surface area contributed by atoms with Crippen molar-refractivity contribution in [3.8, 4) is 0 Å². The van der Waals surface area contributed by atoms with Crippen LogP contribution in [0.15, 0.2) is 35.6 Å². The number of hydrogen-bond acceptors (Lipinski definition) is 5. The van der Waals surface area contributed by atoms with Gasteiger partial charge in [0.15, 0.2) is 0 Å². The molecule has 0 saturated heterocycles. The van der Waals surface area contributed by atoms with Crippen LogP contribution in [0.2, 0.25) is 0 Å². The zero-order valence-electron chi connectivity index (χ0n) is 15.8. The Balaban J connectivity index is 1.76. The summed E-state index contributed by atoms with van der Waals surface area (Å²) < 4.78 is 1.65. The molecular formula is C20H26N4O3. The van der Waals surface area contributed by atoms with Crippen LogP contribution < -0.4 is 10.9 Å². The first-order valence-corrected chi connectivity index (χ1v) is 9.41. The maximum absolute atomic E-state index is 13.0. The second-order valence-corrected chi connectivity index (χ2v) is 7.32. The SMILES string of the molecule is Cc1ccn(C2CCC(O)CC2)c(=O)c1C(=O)NC(C)Cc1cnccn1. The van der Waals surface area contributed by atoms with E-state index in [1.54, 1.807) is 36.3 Å². The van der Waals surface area contributed by atoms with E-state index in [9.17, 15) is 14.7 Å². The van der Waals surface area contributed by atoms with Crippen molar-refractivity contribution in [2.45, 2.75) is 64.1 Å². The number of carbonyl (C=O) groups is 1. The predicted octanol–water partition coefficient (Wildman–Crippen LogP) is 1.78. The molecule has 1 saturated carbocycles. The lowest BCUT2D eigenvalue weighted by atomic mass is 9.92. The number of pyridine rings is 1. The molecule has 7 nitrogen and oxygen atoms in total. The Morgan fingerprint density at radius 1 is 1.33 bits per heavy atom. The Labute approximate surface area is 158 Å². The van der Waals surface area contributed by atoms with E-state index in [1.807, 2.05) is 13.0 Å². The lowest BCUT2D eigenvalue weighted by molar-refractivity contribution is 0.0933. The van der Waals surface area contributed by atoms with Gasteiger partial charge in [-0.15, -0.1) is 0 Å². The molecule has 0 spiro atoms. The molecule has 27 heavy (non-hydrogen) atoms. The highest BCUT2D eigenvalue weighted by molar-refractivity contribution is 5.95.